The van der Waals surface area contributed by atoms with Gasteiger partial charge in [-0.05, 0) is 43.9 Å². The fraction of sp³-hybridized carbons (Fsp3) is 0.500. The molecule has 17 heavy (non-hydrogen) atoms. The second-order valence-corrected chi connectivity index (χ2v) is 4.66. The van der Waals surface area contributed by atoms with Crippen LogP contribution in [0.15, 0.2) is 24.3 Å². The number of hydrogen-bond donors (Lipinski definition) is 1. The number of hydrogen-bond acceptors (Lipinski definition) is 3. The van der Waals surface area contributed by atoms with E-state index in [0.717, 1.165) is 17.7 Å². The molecule has 1 atom stereocenters. The van der Waals surface area contributed by atoms with Gasteiger partial charge < -0.3 is 10.1 Å². The number of Topliss-reactive ketones (excluding diaryl/α,β-unsaturated/α-hetero) is 1. The van der Waals surface area contributed by atoms with Gasteiger partial charge in [0.25, 0.3) is 0 Å². The van der Waals surface area contributed by atoms with E-state index in [2.05, 4.69) is 5.32 Å². The Morgan fingerprint density at radius 1 is 1.53 bits per heavy atom. The van der Waals surface area contributed by atoms with E-state index in [1.807, 2.05) is 24.3 Å². The summed E-state index contributed by atoms with van der Waals surface area (Å²) < 4.78 is 5.18. The summed E-state index contributed by atoms with van der Waals surface area (Å²) in [6, 6.07) is 8.39. The molecule has 0 spiro atoms. The summed E-state index contributed by atoms with van der Waals surface area (Å²) in [4.78, 5) is 11.6. The molecule has 1 aliphatic carbocycles. The highest BCUT2D eigenvalue weighted by Crippen LogP contribution is 2.21. The molecule has 92 valence electrons. The molecular weight excluding hydrogens is 214 g/mol. The molecule has 0 saturated heterocycles. The van der Waals surface area contributed by atoms with Gasteiger partial charge in [0, 0.05) is 6.04 Å². The quantitative estimate of drug-likeness (QED) is 0.816. The van der Waals surface area contributed by atoms with Crippen LogP contribution in [0.4, 0.5) is 0 Å². The predicted octanol–water partition coefficient (Wildman–Crippen LogP) is 1.95. The van der Waals surface area contributed by atoms with E-state index < -0.39 is 0 Å². The monoisotopic (exact) mass is 233 g/mol. The van der Waals surface area contributed by atoms with Gasteiger partial charge in [-0.1, -0.05) is 12.1 Å². The third kappa shape index (κ3) is 3.56. The molecule has 1 saturated carbocycles. The van der Waals surface area contributed by atoms with Crippen LogP contribution >= 0.6 is 0 Å². The molecule has 0 bridgehead atoms. The Labute approximate surface area is 102 Å². The maximum atomic E-state index is 11.6. The van der Waals surface area contributed by atoms with Crippen molar-refractivity contribution in [1.29, 1.82) is 0 Å². The predicted molar refractivity (Wildman–Crippen MR) is 67.3 cm³/mol. The Morgan fingerprint density at radius 3 is 2.88 bits per heavy atom. The van der Waals surface area contributed by atoms with Crippen molar-refractivity contribution in [3.63, 3.8) is 0 Å². The lowest BCUT2D eigenvalue weighted by molar-refractivity contribution is -0.119. The van der Waals surface area contributed by atoms with E-state index in [9.17, 15) is 4.79 Å². The smallest absolute Gasteiger partial charge is 0.147 e. The molecule has 0 aliphatic heterocycles. The summed E-state index contributed by atoms with van der Waals surface area (Å²) >= 11 is 0. The Balaban J connectivity index is 2.02. The first-order valence-corrected chi connectivity index (χ1v) is 6.08. The van der Waals surface area contributed by atoms with E-state index in [4.69, 9.17) is 4.74 Å². The first-order chi connectivity index (χ1) is 8.19. The number of benzene rings is 1. The summed E-state index contributed by atoms with van der Waals surface area (Å²) in [5, 5.41) is 3.39. The van der Waals surface area contributed by atoms with Crippen LogP contribution in [0, 0.1) is 0 Å². The summed E-state index contributed by atoms with van der Waals surface area (Å²) in [6.45, 7) is 1.65. The summed E-state index contributed by atoms with van der Waals surface area (Å²) in [5.74, 6) is 1.05. The van der Waals surface area contributed by atoms with Gasteiger partial charge >= 0.3 is 0 Å². The first kappa shape index (κ1) is 12.1. The molecule has 0 radical (unpaired) electrons. The standard InChI is InChI=1S/C14H19NO2/c1-10(16)14(15-12-6-7-12)9-11-4-3-5-13(8-11)17-2/h3-5,8,12,14-15H,6-7,9H2,1-2H3. The second kappa shape index (κ2) is 5.32. The van der Waals surface area contributed by atoms with E-state index in [-0.39, 0.29) is 11.8 Å². The summed E-state index contributed by atoms with van der Waals surface area (Å²) in [6.07, 6.45) is 3.13. The lowest BCUT2D eigenvalue weighted by Gasteiger charge is -2.15. The van der Waals surface area contributed by atoms with Crippen molar-refractivity contribution >= 4 is 5.78 Å². The third-order valence-corrected chi connectivity index (χ3v) is 3.08. The normalized spacial score (nSPS) is 16.6. The Morgan fingerprint density at radius 2 is 2.29 bits per heavy atom. The van der Waals surface area contributed by atoms with Crippen molar-refractivity contribution in [2.75, 3.05) is 7.11 Å². The SMILES string of the molecule is COc1cccc(CC(NC2CC2)C(C)=O)c1. The minimum Gasteiger partial charge on any atom is -0.497 e. The van der Waals surface area contributed by atoms with Crippen molar-refractivity contribution in [1.82, 2.24) is 5.32 Å². The van der Waals surface area contributed by atoms with E-state index in [1.165, 1.54) is 12.8 Å². The zero-order valence-electron chi connectivity index (χ0n) is 10.4. The Kier molecular flexibility index (Phi) is 3.79. The van der Waals surface area contributed by atoms with Crippen LogP contribution in [-0.4, -0.2) is 25.0 Å². The summed E-state index contributed by atoms with van der Waals surface area (Å²) in [7, 11) is 1.66. The molecule has 3 heteroatoms. The minimum absolute atomic E-state index is 0.0605. The number of rotatable bonds is 6. The van der Waals surface area contributed by atoms with Gasteiger partial charge in [0.1, 0.15) is 11.5 Å². The zero-order valence-corrected chi connectivity index (χ0v) is 10.4. The highest BCUT2D eigenvalue weighted by atomic mass is 16.5. The van der Waals surface area contributed by atoms with Gasteiger partial charge in [0.15, 0.2) is 0 Å². The van der Waals surface area contributed by atoms with E-state index >= 15 is 0 Å². The van der Waals surface area contributed by atoms with Crippen LogP contribution in [0.25, 0.3) is 0 Å². The van der Waals surface area contributed by atoms with Crippen LogP contribution in [0.1, 0.15) is 25.3 Å². The van der Waals surface area contributed by atoms with Gasteiger partial charge in [-0.15, -0.1) is 0 Å². The number of ether oxygens (including phenoxy) is 1. The number of ketones is 1. The van der Waals surface area contributed by atoms with Crippen molar-refractivity contribution in [3.8, 4) is 5.75 Å². The Bertz CT molecular complexity index is 399. The van der Waals surface area contributed by atoms with Gasteiger partial charge in [0.2, 0.25) is 0 Å². The van der Waals surface area contributed by atoms with Crippen LogP contribution in [0.3, 0.4) is 0 Å². The molecule has 0 aromatic heterocycles. The molecule has 1 fully saturated rings. The molecule has 2 rings (SSSR count). The van der Waals surface area contributed by atoms with E-state index in [0.29, 0.717) is 6.04 Å². The molecule has 1 aromatic rings. The fourth-order valence-corrected chi connectivity index (χ4v) is 1.89. The van der Waals surface area contributed by atoms with Gasteiger partial charge in [0.05, 0.1) is 13.2 Å². The highest BCUT2D eigenvalue weighted by molar-refractivity contribution is 5.81. The molecule has 1 aliphatic rings. The van der Waals surface area contributed by atoms with Gasteiger partial charge in [-0.25, -0.2) is 0 Å². The summed E-state index contributed by atoms with van der Waals surface area (Å²) in [5.41, 5.74) is 1.14. The molecule has 3 nitrogen and oxygen atoms in total. The van der Waals surface area contributed by atoms with E-state index in [1.54, 1.807) is 14.0 Å². The number of carbonyl (C=O) groups excluding carboxylic acids is 1. The largest absolute Gasteiger partial charge is 0.497 e. The Hall–Kier alpha value is -1.35. The van der Waals surface area contributed by atoms with Crippen molar-refractivity contribution in [3.05, 3.63) is 29.8 Å². The number of nitrogens with one attached hydrogen (secondary N) is 1. The number of methoxy groups -OCH3 is 1. The topological polar surface area (TPSA) is 38.3 Å². The zero-order chi connectivity index (χ0) is 12.3. The second-order valence-electron chi connectivity index (χ2n) is 4.66. The van der Waals surface area contributed by atoms with Crippen molar-refractivity contribution in [2.45, 2.75) is 38.3 Å². The van der Waals surface area contributed by atoms with Crippen LogP contribution in [0.2, 0.25) is 0 Å². The minimum atomic E-state index is -0.0605. The number of carbonyl (C=O) groups is 1. The molecule has 1 aromatic carbocycles. The first-order valence-electron chi connectivity index (χ1n) is 6.08. The van der Waals surface area contributed by atoms with Gasteiger partial charge in [-0.2, -0.15) is 0 Å². The fourth-order valence-electron chi connectivity index (χ4n) is 1.89. The molecule has 1 unspecified atom stereocenters. The highest BCUT2D eigenvalue weighted by Gasteiger charge is 2.26. The van der Waals surface area contributed by atoms with Crippen molar-refractivity contribution in [2.24, 2.45) is 0 Å². The van der Waals surface area contributed by atoms with Crippen molar-refractivity contribution < 1.29 is 9.53 Å². The van der Waals surface area contributed by atoms with Crippen LogP contribution < -0.4 is 10.1 Å². The van der Waals surface area contributed by atoms with Crippen LogP contribution in [0.5, 0.6) is 5.75 Å². The lowest BCUT2D eigenvalue weighted by Crippen LogP contribution is -2.38. The average molecular weight is 233 g/mol. The molecule has 1 N–H and O–H groups in total. The maximum absolute atomic E-state index is 11.6. The lowest BCUT2D eigenvalue weighted by atomic mass is 10.0. The third-order valence-electron chi connectivity index (χ3n) is 3.08. The molecule has 0 amide bonds. The average Bonchev–Trinajstić information content (AvgIpc) is 3.12. The molecular formula is C14H19NO2. The van der Waals surface area contributed by atoms with Crippen LogP contribution in [-0.2, 0) is 11.2 Å². The molecule has 0 heterocycles. The maximum Gasteiger partial charge on any atom is 0.147 e. The van der Waals surface area contributed by atoms with Gasteiger partial charge in [-0.3, -0.25) is 4.79 Å².